The maximum absolute atomic E-state index is 9.89. The third kappa shape index (κ3) is 8.11. The Balaban J connectivity index is 0.000000385. The molecule has 0 fully saturated rings. The van der Waals surface area contributed by atoms with Gasteiger partial charge < -0.3 is 0 Å². The van der Waals surface area contributed by atoms with Crippen LogP contribution in [0.1, 0.15) is 5.56 Å². The highest BCUT2D eigenvalue weighted by molar-refractivity contribution is 5.47. The highest BCUT2D eigenvalue weighted by atomic mass is 16.6. The molecule has 0 amide bonds. The Bertz CT molecular complexity index is 387. The van der Waals surface area contributed by atoms with Crippen molar-refractivity contribution in [2.75, 3.05) is 0 Å². The van der Waals surface area contributed by atoms with E-state index in [0.29, 0.717) is 6.20 Å². The quantitative estimate of drug-likeness (QED) is 0.577. The largest absolute Gasteiger partial charge is 0.259 e. The minimum absolute atomic E-state index is 0.389. The van der Waals surface area contributed by atoms with Crippen LogP contribution in [0.5, 0.6) is 0 Å². The lowest BCUT2D eigenvalue weighted by atomic mass is 10.2. The minimum Gasteiger partial charge on any atom is -0.259 e. The Hall–Kier alpha value is -2.50. The van der Waals surface area contributed by atoms with Crippen LogP contribution in [0.2, 0.25) is 0 Å². The SMILES string of the molecule is O=[N+]([O-])/C=C/c1ccccc1.[CH]=C[N+](=O)[O-]. The van der Waals surface area contributed by atoms with Crippen LogP contribution in [0.3, 0.4) is 0 Å². The van der Waals surface area contributed by atoms with Gasteiger partial charge in [-0.2, -0.15) is 0 Å². The van der Waals surface area contributed by atoms with E-state index in [1.165, 1.54) is 6.08 Å². The summed E-state index contributed by atoms with van der Waals surface area (Å²) in [6.45, 7) is 4.35. The van der Waals surface area contributed by atoms with Crippen molar-refractivity contribution in [1.29, 1.82) is 0 Å². The molecule has 0 aromatic heterocycles. The molecule has 0 saturated carbocycles. The van der Waals surface area contributed by atoms with Crippen LogP contribution in [0.15, 0.2) is 42.7 Å². The van der Waals surface area contributed by atoms with Crippen LogP contribution in [0, 0.1) is 26.8 Å². The maximum atomic E-state index is 9.89. The highest BCUT2D eigenvalue weighted by Crippen LogP contribution is 1.99. The highest BCUT2D eigenvalue weighted by Gasteiger charge is 1.86. The van der Waals surface area contributed by atoms with E-state index in [9.17, 15) is 10.1 Å². The summed E-state index contributed by atoms with van der Waals surface area (Å²) in [6, 6.07) is 9.14. The molecule has 0 aliphatic rings. The molecular weight excluding hydrogens is 212 g/mol. The number of hydrogen-bond donors (Lipinski definition) is 0. The summed E-state index contributed by atoms with van der Waals surface area (Å²) in [5.41, 5.74) is 0.837. The molecule has 6 heteroatoms. The molecular formula is C10H9N2O4. The van der Waals surface area contributed by atoms with E-state index in [-0.39, 0.29) is 0 Å². The predicted molar refractivity (Wildman–Crippen MR) is 58.3 cm³/mol. The number of nitro groups is 2. The van der Waals surface area contributed by atoms with Gasteiger partial charge in [-0.1, -0.05) is 30.3 Å². The van der Waals surface area contributed by atoms with Gasteiger partial charge in [-0.15, -0.1) is 0 Å². The molecule has 0 aliphatic carbocycles. The zero-order valence-corrected chi connectivity index (χ0v) is 8.22. The Kier molecular flexibility index (Phi) is 6.63. The summed E-state index contributed by atoms with van der Waals surface area (Å²) in [7, 11) is 0. The second-order valence-electron chi connectivity index (χ2n) is 2.45. The third-order valence-corrected chi connectivity index (χ3v) is 1.31. The van der Waals surface area contributed by atoms with Crippen molar-refractivity contribution in [3.63, 3.8) is 0 Å². The average molecular weight is 221 g/mol. The fourth-order valence-corrected chi connectivity index (χ4v) is 0.711. The smallest absolute Gasteiger partial charge is 0.235 e. The fourth-order valence-electron chi connectivity index (χ4n) is 0.711. The van der Waals surface area contributed by atoms with Crippen molar-refractivity contribution < 1.29 is 9.85 Å². The van der Waals surface area contributed by atoms with E-state index in [0.717, 1.165) is 11.8 Å². The monoisotopic (exact) mass is 221 g/mol. The van der Waals surface area contributed by atoms with Gasteiger partial charge in [-0.3, -0.25) is 20.2 Å². The van der Waals surface area contributed by atoms with Gasteiger partial charge in [0, 0.05) is 12.7 Å². The molecule has 0 N–H and O–H groups in total. The molecule has 0 heterocycles. The summed E-state index contributed by atoms with van der Waals surface area (Å²) in [4.78, 5) is 17.7. The maximum Gasteiger partial charge on any atom is 0.235 e. The van der Waals surface area contributed by atoms with E-state index in [2.05, 4.69) is 6.58 Å². The van der Waals surface area contributed by atoms with Gasteiger partial charge in [-0.05, 0) is 5.56 Å². The van der Waals surface area contributed by atoms with Crippen LogP contribution in [-0.4, -0.2) is 9.85 Å². The number of hydrogen-bond acceptors (Lipinski definition) is 4. The van der Waals surface area contributed by atoms with Gasteiger partial charge in [-0.25, -0.2) is 0 Å². The second-order valence-corrected chi connectivity index (χ2v) is 2.45. The molecule has 1 rings (SSSR count). The van der Waals surface area contributed by atoms with Gasteiger partial charge in [0.25, 0.3) is 0 Å². The zero-order chi connectivity index (χ0) is 12.4. The zero-order valence-electron chi connectivity index (χ0n) is 8.22. The van der Waals surface area contributed by atoms with Gasteiger partial charge in [0.05, 0.1) is 9.85 Å². The number of benzene rings is 1. The predicted octanol–water partition coefficient (Wildman–Crippen LogP) is 2.14. The molecule has 16 heavy (non-hydrogen) atoms. The van der Waals surface area contributed by atoms with Crippen LogP contribution in [0.25, 0.3) is 6.08 Å². The molecule has 6 nitrogen and oxygen atoms in total. The fraction of sp³-hybridized carbons (Fsp3) is 0. The van der Waals surface area contributed by atoms with Gasteiger partial charge in [0.15, 0.2) is 0 Å². The van der Waals surface area contributed by atoms with Gasteiger partial charge >= 0.3 is 0 Å². The van der Waals surface area contributed by atoms with E-state index in [1.54, 1.807) is 12.1 Å². The number of nitrogens with zero attached hydrogens (tertiary/aromatic N) is 2. The minimum atomic E-state index is -0.722. The Morgan fingerprint density at radius 1 is 1.06 bits per heavy atom. The first kappa shape index (κ1) is 13.5. The third-order valence-electron chi connectivity index (χ3n) is 1.31. The molecule has 1 aromatic rings. The standard InChI is InChI=1S/C8H7NO2.C2H2NO2/c10-9(11)7-6-8-4-2-1-3-5-8;1-2-3(4)5/h1-7H;1-2H/b7-6+;. The van der Waals surface area contributed by atoms with Crippen molar-refractivity contribution in [1.82, 2.24) is 0 Å². The lowest BCUT2D eigenvalue weighted by Crippen LogP contribution is -1.81. The first-order chi connectivity index (χ1) is 7.56. The summed E-state index contributed by atoms with van der Waals surface area (Å²) in [5.74, 6) is 0. The Labute approximate surface area is 91.8 Å². The van der Waals surface area contributed by atoms with E-state index in [4.69, 9.17) is 10.1 Å². The topological polar surface area (TPSA) is 86.3 Å². The van der Waals surface area contributed by atoms with Gasteiger partial charge in [0.1, 0.15) is 0 Å². The molecule has 0 atom stereocenters. The molecule has 83 valence electrons. The number of rotatable bonds is 3. The van der Waals surface area contributed by atoms with Crippen molar-refractivity contribution in [3.8, 4) is 0 Å². The molecule has 1 radical (unpaired) electrons. The molecule has 0 spiro atoms. The van der Waals surface area contributed by atoms with Crippen molar-refractivity contribution in [2.24, 2.45) is 0 Å². The summed E-state index contributed by atoms with van der Waals surface area (Å²) < 4.78 is 0. The Morgan fingerprint density at radius 2 is 1.56 bits per heavy atom. The van der Waals surface area contributed by atoms with Crippen LogP contribution < -0.4 is 0 Å². The van der Waals surface area contributed by atoms with Crippen molar-refractivity contribution in [2.45, 2.75) is 0 Å². The van der Waals surface area contributed by atoms with E-state index in [1.807, 2.05) is 18.2 Å². The first-order valence-corrected chi connectivity index (χ1v) is 4.11. The van der Waals surface area contributed by atoms with Crippen LogP contribution >= 0.6 is 0 Å². The lowest BCUT2D eigenvalue weighted by Gasteiger charge is -1.86. The summed E-state index contributed by atoms with van der Waals surface area (Å²) in [5, 5.41) is 18.9. The van der Waals surface area contributed by atoms with E-state index >= 15 is 0 Å². The molecule has 0 bridgehead atoms. The molecule has 0 saturated heterocycles. The summed E-state index contributed by atoms with van der Waals surface area (Å²) in [6.07, 6.45) is 2.77. The normalized spacial score (nSPS) is 9.00. The van der Waals surface area contributed by atoms with Crippen LogP contribution in [0.4, 0.5) is 0 Å². The first-order valence-electron chi connectivity index (χ1n) is 4.11. The molecule has 0 aliphatic heterocycles. The average Bonchev–Trinajstić information content (AvgIpc) is 2.28. The molecule has 1 aromatic carbocycles. The van der Waals surface area contributed by atoms with Crippen molar-refractivity contribution >= 4 is 6.08 Å². The Morgan fingerprint density at radius 3 is 1.94 bits per heavy atom. The van der Waals surface area contributed by atoms with Crippen LogP contribution in [-0.2, 0) is 0 Å². The molecule has 0 unspecified atom stereocenters. The van der Waals surface area contributed by atoms with Gasteiger partial charge in [0.2, 0.25) is 12.4 Å². The second kappa shape index (κ2) is 7.86. The lowest BCUT2D eigenvalue weighted by molar-refractivity contribution is -0.402. The van der Waals surface area contributed by atoms with E-state index < -0.39 is 9.85 Å². The van der Waals surface area contributed by atoms with Crippen molar-refractivity contribution in [3.05, 3.63) is 75.1 Å². The summed E-state index contributed by atoms with van der Waals surface area (Å²) >= 11 is 0.